The molecule has 2 rings (SSSR count). The molecular formula is C10H16N2O2S2. The van der Waals surface area contributed by atoms with Crippen LogP contribution >= 0.6 is 11.3 Å². The van der Waals surface area contributed by atoms with Gasteiger partial charge >= 0.3 is 0 Å². The summed E-state index contributed by atoms with van der Waals surface area (Å²) in [7, 11) is -2.81. The summed E-state index contributed by atoms with van der Waals surface area (Å²) in [5.74, 6) is 0.515. The molecule has 6 heteroatoms. The number of thiophene rings is 1. The normalized spacial score (nSPS) is 23.1. The zero-order valence-corrected chi connectivity index (χ0v) is 10.6. The average Bonchev–Trinajstić information content (AvgIpc) is 2.75. The van der Waals surface area contributed by atoms with Gasteiger partial charge in [-0.3, -0.25) is 4.90 Å². The van der Waals surface area contributed by atoms with Crippen molar-refractivity contribution >= 4 is 21.2 Å². The lowest BCUT2D eigenvalue weighted by Gasteiger charge is -2.33. The summed E-state index contributed by atoms with van der Waals surface area (Å²) in [6.07, 6.45) is 0. The molecule has 1 aliphatic heterocycles. The number of hydrogen-bond acceptors (Lipinski definition) is 5. The van der Waals surface area contributed by atoms with Gasteiger partial charge in [0.05, 0.1) is 11.5 Å². The van der Waals surface area contributed by atoms with Crippen LogP contribution in [0.15, 0.2) is 16.8 Å². The van der Waals surface area contributed by atoms with Crippen molar-refractivity contribution in [3.8, 4) is 0 Å². The lowest BCUT2D eigenvalue weighted by atomic mass is 10.1. The summed E-state index contributed by atoms with van der Waals surface area (Å²) < 4.78 is 22.7. The lowest BCUT2D eigenvalue weighted by Crippen LogP contribution is -2.44. The van der Waals surface area contributed by atoms with Gasteiger partial charge in [0, 0.05) is 25.7 Å². The third-order valence-corrected chi connectivity index (χ3v) is 5.28. The molecule has 1 aliphatic rings. The van der Waals surface area contributed by atoms with E-state index in [0.717, 1.165) is 0 Å². The molecule has 90 valence electrons. The Labute approximate surface area is 100.0 Å². The van der Waals surface area contributed by atoms with E-state index in [1.54, 1.807) is 11.3 Å². The van der Waals surface area contributed by atoms with Gasteiger partial charge in [-0.15, -0.1) is 0 Å². The molecule has 0 radical (unpaired) electrons. The van der Waals surface area contributed by atoms with E-state index >= 15 is 0 Å². The van der Waals surface area contributed by atoms with Gasteiger partial charge in [0.15, 0.2) is 9.84 Å². The molecule has 1 atom stereocenters. The van der Waals surface area contributed by atoms with Crippen LogP contribution in [0.5, 0.6) is 0 Å². The van der Waals surface area contributed by atoms with E-state index < -0.39 is 9.84 Å². The van der Waals surface area contributed by atoms with E-state index in [4.69, 9.17) is 5.73 Å². The van der Waals surface area contributed by atoms with Crippen LogP contribution in [0.25, 0.3) is 0 Å². The summed E-state index contributed by atoms with van der Waals surface area (Å²) in [4.78, 5) is 2.17. The minimum absolute atomic E-state index is 0.168. The number of rotatable bonds is 3. The van der Waals surface area contributed by atoms with Crippen molar-refractivity contribution in [2.45, 2.75) is 6.04 Å². The van der Waals surface area contributed by atoms with Crippen LogP contribution < -0.4 is 5.73 Å². The zero-order valence-electron chi connectivity index (χ0n) is 9.00. The first-order chi connectivity index (χ1) is 7.62. The Kier molecular flexibility index (Phi) is 3.63. The van der Waals surface area contributed by atoms with E-state index in [1.807, 2.05) is 5.38 Å². The van der Waals surface area contributed by atoms with Crippen molar-refractivity contribution in [1.29, 1.82) is 0 Å². The minimum atomic E-state index is -2.81. The molecular weight excluding hydrogens is 244 g/mol. The monoisotopic (exact) mass is 260 g/mol. The van der Waals surface area contributed by atoms with Crippen molar-refractivity contribution < 1.29 is 8.42 Å². The molecule has 1 aromatic rings. The Bertz CT molecular complexity index is 414. The van der Waals surface area contributed by atoms with Gasteiger partial charge in [0.25, 0.3) is 0 Å². The van der Waals surface area contributed by atoms with Gasteiger partial charge in [-0.05, 0) is 22.4 Å². The second-order valence-electron chi connectivity index (χ2n) is 4.00. The second-order valence-corrected chi connectivity index (χ2v) is 7.08. The van der Waals surface area contributed by atoms with Crippen LogP contribution in [-0.2, 0) is 9.84 Å². The predicted octanol–water partition coefficient (Wildman–Crippen LogP) is 0.478. The molecule has 4 nitrogen and oxygen atoms in total. The summed E-state index contributed by atoms with van der Waals surface area (Å²) >= 11 is 1.65. The smallest absolute Gasteiger partial charge is 0.152 e. The van der Waals surface area contributed by atoms with Crippen LogP contribution in [0.1, 0.15) is 11.6 Å². The van der Waals surface area contributed by atoms with Crippen molar-refractivity contribution in [1.82, 2.24) is 4.90 Å². The summed E-state index contributed by atoms with van der Waals surface area (Å²) in [6.45, 7) is 1.73. The van der Waals surface area contributed by atoms with E-state index in [-0.39, 0.29) is 17.5 Å². The topological polar surface area (TPSA) is 63.4 Å². The Morgan fingerprint density at radius 1 is 1.44 bits per heavy atom. The molecule has 1 unspecified atom stereocenters. The highest BCUT2D eigenvalue weighted by Gasteiger charge is 2.27. The first kappa shape index (κ1) is 12.0. The Hall–Kier alpha value is -0.430. The van der Waals surface area contributed by atoms with E-state index in [9.17, 15) is 8.42 Å². The molecule has 16 heavy (non-hydrogen) atoms. The van der Waals surface area contributed by atoms with E-state index in [2.05, 4.69) is 16.3 Å². The molecule has 1 fully saturated rings. The molecule has 2 N–H and O–H groups in total. The second kappa shape index (κ2) is 4.83. The van der Waals surface area contributed by atoms with Crippen molar-refractivity contribution in [3.63, 3.8) is 0 Å². The summed E-state index contributed by atoms with van der Waals surface area (Å²) in [5, 5.41) is 4.11. The Balaban J connectivity index is 2.07. The highest BCUT2D eigenvalue weighted by Crippen LogP contribution is 2.23. The first-order valence-corrected chi connectivity index (χ1v) is 8.05. The van der Waals surface area contributed by atoms with Gasteiger partial charge in [0.2, 0.25) is 0 Å². The molecule has 0 aromatic carbocycles. The lowest BCUT2D eigenvalue weighted by molar-refractivity contribution is 0.219. The molecule has 0 saturated carbocycles. The molecule has 2 heterocycles. The largest absolute Gasteiger partial charge is 0.329 e. The molecule has 1 saturated heterocycles. The summed E-state index contributed by atoms with van der Waals surface area (Å²) in [5.41, 5.74) is 6.98. The number of sulfone groups is 1. The van der Waals surface area contributed by atoms with Crippen LogP contribution in [-0.4, -0.2) is 44.5 Å². The van der Waals surface area contributed by atoms with Gasteiger partial charge in [-0.25, -0.2) is 8.42 Å². The third kappa shape index (κ3) is 2.63. The fraction of sp³-hybridized carbons (Fsp3) is 0.600. The Morgan fingerprint density at radius 2 is 2.12 bits per heavy atom. The van der Waals surface area contributed by atoms with E-state index in [1.165, 1.54) is 5.56 Å². The Morgan fingerprint density at radius 3 is 2.62 bits per heavy atom. The maximum Gasteiger partial charge on any atom is 0.152 e. The van der Waals surface area contributed by atoms with E-state index in [0.29, 0.717) is 19.6 Å². The maximum atomic E-state index is 11.3. The fourth-order valence-corrected chi connectivity index (χ4v) is 3.94. The standard InChI is InChI=1S/C10H16N2O2S2/c11-7-10(9-1-4-15-8-9)12-2-5-16(13,14)6-3-12/h1,4,8,10H,2-3,5-7,11H2. The van der Waals surface area contributed by atoms with Crippen LogP contribution in [0.3, 0.4) is 0 Å². The average molecular weight is 260 g/mol. The highest BCUT2D eigenvalue weighted by molar-refractivity contribution is 7.91. The van der Waals surface area contributed by atoms with Crippen molar-refractivity contribution in [2.24, 2.45) is 5.73 Å². The minimum Gasteiger partial charge on any atom is -0.329 e. The number of nitrogens with two attached hydrogens (primary N) is 1. The quantitative estimate of drug-likeness (QED) is 0.858. The van der Waals surface area contributed by atoms with Crippen LogP contribution in [0.2, 0.25) is 0 Å². The number of nitrogens with zero attached hydrogens (tertiary/aromatic N) is 1. The summed E-state index contributed by atoms with van der Waals surface area (Å²) in [6, 6.07) is 2.23. The molecule has 0 amide bonds. The van der Waals surface area contributed by atoms with Gasteiger partial charge in [-0.1, -0.05) is 0 Å². The van der Waals surface area contributed by atoms with Crippen molar-refractivity contribution in [2.75, 3.05) is 31.1 Å². The predicted molar refractivity (Wildman–Crippen MR) is 66.3 cm³/mol. The molecule has 1 aromatic heterocycles. The fourth-order valence-electron chi connectivity index (χ4n) is 2.00. The highest BCUT2D eigenvalue weighted by atomic mass is 32.2. The maximum absolute atomic E-state index is 11.3. The first-order valence-electron chi connectivity index (χ1n) is 5.29. The molecule has 0 bridgehead atoms. The van der Waals surface area contributed by atoms with Crippen LogP contribution in [0, 0.1) is 0 Å². The van der Waals surface area contributed by atoms with Gasteiger partial charge < -0.3 is 5.73 Å². The van der Waals surface area contributed by atoms with Crippen molar-refractivity contribution in [3.05, 3.63) is 22.4 Å². The SMILES string of the molecule is NCC(c1ccsc1)N1CCS(=O)(=O)CC1. The molecule has 0 aliphatic carbocycles. The van der Waals surface area contributed by atoms with Gasteiger partial charge in [-0.2, -0.15) is 11.3 Å². The molecule has 0 spiro atoms. The third-order valence-electron chi connectivity index (χ3n) is 2.97. The zero-order chi connectivity index (χ0) is 11.6. The number of hydrogen-bond donors (Lipinski definition) is 1. The van der Waals surface area contributed by atoms with Gasteiger partial charge in [0.1, 0.15) is 0 Å². The van der Waals surface area contributed by atoms with Crippen LogP contribution in [0.4, 0.5) is 0 Å².